The maximum absolute atomic E-state index is 13.9. The van der Waals surface area contributed by atoms with Gasteiger partial charge in [-0.15, -0.1) is 0 Å². The fourth-order valence-electron chi connectivity index (χ4n) is 2.19. The van der Waals surface area contributed by atoms with Gasteiger partial charge in [-0.05, 0) is 25.0 Å². The van der Waals surface area contributed by atoms with Gasteiger partial charge in [0.05, 0.1) is 12.5 Å². The first-order chi connectivity index (χ1) is 8.97. The van der Waals surface area contributed by atoms with Crippen LogP contribution >= 0.6 is 0 Å². The molecule has 0 unspecified atom stereocenters. The monoisotopic (exact) mass is 263 g/mol. The molecule has 3 nitrogen and oxygen atoms in total. The summed E-state index contributed by atoms with van der Waals surface area (Å²) in [5.74, 6) is 0.154. The Kier molecular flexibility index (Phi) is 5.78. The maximum Gasteiger partial charge on any atom is 0.130 e. The molecule has 0 aliphatic rings. The van der Waals surface area contributed by atoms with E-state index in [0.717, 1.165) is 12.2 Å². The Bertz CT molecular complexity index is 449. The molecule has 1 atom stereocenters. The summed E-state index contributed by atoms with van der Waals surface area (Å²) in [6.07, 6.45) is 0.418. The molecule has 0 spiro atoms. The first-order valence-electron chi connectivity index (χ1n) is 6.63. The van der Waals surface area contributed by atoms with Crippen LogP contribution in [0.25, 0.3) is 0 Å². The van der Waals surface area contributed by atoms with Gasteiger partial charge in [0.2, 0.25) is 0 Å². The lowest BCUT2D eigenvalue weighted by molar-refractivity contribution is 0.579. The molecule has 0 bridgehead atoms. The van der Waals surface area contributed by atoms with E-state index in [1.807, 2.05) is 6.07 Å². The Hall–Kier alpha value is -1.60. The Morgan fingerprint density at radius 3 is 2.58 bits per heavy atom. The summed E-state index contributed by atoms with van der Waals surface area (Å²) < 4.78 is 13.9. The van der Waals surface area contributed by atoms with Crippen molar-refractivity contribution < 1.29 is 4.39 Å². The lowest BCUT2D eigenvalue weighted by Crippen LogP contribution is -2.30. The smallest absolute Gasteiger partial charge is 0.130 e. The summed E-state index contributed by atoms with van der Waals surface area (Å²) in [5.41, 5.74) is 7.21. The maximum atomic E-state index is 13.9. The zero-order chi connectivity index (χ0) is 14.4. The van der Waals surface area contributed by atoms with Gasteiger partial charge in [-0.2, -0.15) is 5.26 Å². The summed E-state index contributed by atoms with van der Waals surface area (Å²) in [5, 5.41) is 8.75. The van der Waals surface area contributed by atoms with E-state index in [1.54, 1.807) is 13.0 Å². The van der Waals surface area contributed by atoms with E-state index in [2.05, 4.69) is 24.8 Å². The molecule has 1 rings (SSSR count). The summed E-state index contributed by atoms with van der Waals surface area (Å²) in [7, 11) is 0. The quantitative estimate of drug-likeness (QED) is 0.857. The Labute approximate surface area is 114 Å². The Morgan fingerprint density at radius 1 is 1.37 bits per heavy atom. The summed E-state index contributed by atoms with van der Waals surface area (Å²) in [6.45, 7) is 7.36. The van der Waals surface area contributed by atoms with Crippen molar-refractivity contribution in [3.8, 4) is 6.07 Å². The highest BCUT2D eigenvalue weighted by molar-refractivity contribution is 5.55. The third kappa shape index (κ3) is 4.22. The molecule has 0 aliphatic heterocycles. The molecule has 0 aromatic heterocycles. The van der Waals surface area contributed by atoms with Crippen LogP contribution in [-0.4, -0.2) is 13.1 Å². The van der Waals surface area contributed by atoms with Crippen molar-refractivity contribution in [3.63, 3.8) is 0 Å². The molecule has 0 radical (unpaired) electrons. The van der Waals surface area contributed by atoms with Crippen LogP contribution in [0.15, 0.2) is 18.2 Å². The molecule has 0 saturated heterocycles. The number of rotatable bonds is 6. The highest BCUT2D eigenvalue weighted by Crippen LogP contribution is 2.28. The zero-order valence-corrected chi connectivity index (χ0v) is 11.9. The lowest BCUT2D eigenvalue weighted by atomic mass is 10.0. The second-order valence-corrected chi connectivity index (χ2v) is 5.21. The average Bonchev–Trinajstić information content (AvgIpc) is 2.33. The highest BCUT2D eigenvalue weighted by Gasteiger charge is 2.18. The van der Waals surface area contributed by atoms with Gasteiger partial charge in [0.1, 0.15) is 5.82 Å². The van der Waals surface area contributed by atoms with Crippen LogP contribution in [0.4, 0.5) is 10.1 Å². The molecular weight excluding hydrogens is 241 g/mol. The number of hydrogen-bond donors (Lipinski definition) is 1. The van der Waals surface area contributed by atoms with Crippen LogP contribution in [-0.2, 0) is 0 Å². The predicted molar refractivity (Wildman–Crippen MR) is 76.3 cm³/mol. The number of nitrogens with two attached hydrogens (primary N) is 1. The van der Waals surface area contributed by atoms with Crippen molar-refractivity contribution in [2.75, 3.05) is 18.0 Å². The van der Waals surface area contributed by atoms with Crippen LogP contribution in [0, 0.1) is 23.1 Å². The second kappa shape index (κ2) is 7.10. The van der Waals surface area contributed by atoms with Gasteiger partial charge in [-0.3, -0.25) is 0 Å². The average molecular weight is 263 g/mol. The zero-order valence-electron chi connectivity index (χ0n) is 11.9. The molecule has 0 heterocycles. The molecule has 0 aliphatic carbocycles. The number of nitriles is 1. The first-order valence-corrected chi connectivity index (χ1v) is 6.63. The van der Waals surface area contributed by atoms with Gasteiger partial charge >= 0.3 is 0 Å². The van der Waals surface area contributed by atoms with E-state index in [-0.39, 0.29) is 11.9 Å². The minimum atomic E-state index is -0.368. The van der Waals surface area contributed by atoms with E-state index in [1.165, 1.54) is 6.07 Å². The van der Waals surface area contributed by atoms with Crippen molar-refractivity contribution in [3.05, 3.63) is 29.6 Å². The van der Waals surface area contributed by atoms with Crippen LogP contribution < -0.4 is 10.6 Å². The Morgan fingerprint density at radius 2 is 2.05 bits per heavy atom. The molecule has 19 heavy (non-hydrogen) atoms. The Balaban J connectivity index is 3.14. The van der Waals surface area contributed by atoms with Crippen molar-refractivity contribution in [1.29, 1.82) is 5.26 Å². The number of benzene rings is 1. The lowest BCUT2D eigenvalue weighted by Gasteiger charge is -2.29. The van der Waals surface area contributed by atoms with Crippen LogP contribution in [0.5, 0.6) is 0 Å². The molecule has 0 amide bonds. The predicted octanol–water partition coefficient (Wildman–Crippen LogP) is 3.22. The summed E-state index contributed by atoms with van der Waals surface area (Å²) in [4.78, 5) is 2.05. The summed E-state index contributed by atoms with van der Waals surface area (Å²) >= 11 is 0. The SMILES string of the molecule is CC(C)CN(CCC#N)c1cccc(F)c1[C@H](C)N. The number of nitrogens with zero attached hydrogens (tertiary/aromatic N) is 2. The molecule has 4 heteroatoms. The normalized spacial score (nSPS) is 12.3. The molecule has 1 aromatic rings. The van der Waals surface area contributed by atoms with Gasteiger partial charge in [0, 0.05) is 30.4 Å². The topological polar surface area (TPSA) is 53.0 Å². The number of hydrogen-bond acceptors (Lipinski definition) is 3. The van der Waals surface area contributed by atoms with Gasteiger partial charge in [0.15, 0.2) is 0 Å². The van der Waals surface area contributed by atoms with Gasteiger partial charge in [-0.25, -0.2) is 4.39 Å². The van der Waals surface area contributed by atoms with E-state index in [0.29, 0.717) is 24.4 Å². The standard InChI is InChI=1S/C15H22FN3/c1-11(2)10-19(9-5-8-17)14-7-4-6-13(16)15(14)12(3)18/h4,6-7,11-12H,5,9-10,18H2,1-3H3/t12-/m0/s1. The van der Waals surface area contributed by atoms with E-state index < -0.39 is 0 Å². The fraction of sp³-hybridized carbons (Fsp3) is 0.533. The summed E-state index contributed by atoms with van der Waals surface area (Å²) in [6, 6.07) is 6.77. The van der Waals surface area contributed by atoms with Crippen LogP contribution in [0.2, 0.25) is 0 Å². The molecule has 0 fully saturated rings. The van der Waals surface area contributed by atoms with Crippen molar-refractivity contribution >= 4 is 5.69 Å². The van der Waals surface area contributed by atoms with E-state index in [9.17, 15) is 4.39 Å². The second-order valence-electron chi connectivity index (χ2n) is 5.21. The molecule has 0 saturated carbocycles. The molecule has 2 N–H and O–H groups in total. The van der Waals surface area contributed by atoms with Crippen LogP contribution in [0.3, 0.4) is 0 Å². The van der Waals surface area contributed by atoms with Gasteiger partial charge in [0.25, 0.3) is 0 Å². The first kappa shape index (κ1) is 15.5. The van der Waals surface area contributed by atoms with Crippen molar-refractivity contribution in [2.24, 2.45) is 11.7 Å². The number of anilines is 1. The number of halogens is 1. The molecule has 1 aromatic carbocycles. The fourth-order valence-corrected chi connectivity index (χ4v) is 2.19. The van der Waals surface area contributed by atoms with Gasteiger partial charge < -0.3 is 10.6 Å². The molecular formula is C15H22FN3. The van der Waals surface area contributed by atoms with Crippen molar-refractivity contribution in [1.82, 2.24) is 0 Å². The van der Waals surface area contributed by atoms with E-state index in [4.69, 9.17) is 11.0 Å². The van der Waals surface area contributed by atoms with Gasteiger partial charge in [-0.1, -0.05) is 19.9 Å². The third-order valence-corrected chi connectivity index (χ3v) is 2.90. The van der Waals surface area contributed by atoms with E-state index >= 15 is 0 Å². The minimum absolute atomic E-state index is 0.279. The van der Waals surface area contributed by atoms with Crippen molar-refractivity contribution in [2.45, 2.75) is 33.2 Å². The van der Waals surface area contributed by atoms with Crippen LogP contribution in [0.1, 0.15) is 38.8 Å². The highest BCUT2D eigenvalue weighted by atomic mass is 19.1. The molecule has 104 valence electrons. The minimum Gasteiger partial charge on any atom is -0.370 e. The third-order valence-electron chi connectivity index (χ3n) is 2.90. The largest absolute Gasteiger partial charge is 0.370 e.